The molecule has 0 atom stereocenters. The predicted molar refractivity (Wildman–Crippen MR) is 189 cm³/mol. The molecule has 0 bridgehead atoms. The van der Waals surface area contributed by atoms with Crippen molar-refractivity contribution >= 4 is 89.0 Å². The van der Waals surface area contributed by atoms with E-state index in [-0.39, 0.29) is 0 Å². The van der Waals surface area contributed by atoms with Gasteiger partial charge in [0.15, 0.2) is 0 Å². The molecule has 2 heteroatoms. The molecule has 210 valence electrons. The van der Waals surface area contributed by atoms with Crippen LogP contribution in [0, 0.1) is 0 Å². The van der Waals surface area contributed by atoms with Crippen LogP contribution in [-0.2, 0) is 0 Å². The summed E-state index contributed by atoms with van der Waals surface area (Å²) in [4.78, 5) is 0. The normalized spacial score (nSPS) is 13.1. The number of rotatable bonds is 4. The fraction of sp³-hybridized carbons (Fsp3) is 0.0476. The molecule has 0 saturated carbocycles. The van der Waals surface area contributed by atoms with Crippen LogP contribution in [-0.4, -0.2) is 0 Å². The molecule has 6 aromatic carbocycles. The highest BCUT2D eigenvalue weighted by Gasteiger charge is 2.17. The van der Waals surface area contributed by atoms with Crippen molar-refractivity contribution in [1.29, 1.82) is 0 Å². The number of hydrogen-bond acceptors (Lipinski definition) is 2. The molecule has 0 spiro atoms. The summed E-state index contributed by atoms with van der Waals surface area (Å²) in [5.74, 6) is 0. The molecule has 44 heavy (non-hydrogen) atoms. The van der Waals surface area contributed by atoms with Gasteiger partial charge in [-0.15, -0.1) is 0 Å². The summed E-state index contributed by atoms with van der Waals surface area (Å²) >= 11 is 0. The average Bonchev–Trinajstić information content (AvgIpc) is 3.57. The van der Waals surface area contributed by atoms with Crippen molar-refractivity contribution < 1.29 is 8.83 Å². The van der Waals surface area contributed by atoms with Crippen molar-refractivity contribution in [2.24, 2.45) is 0 Å². The fourth-order valence-electron chi connectivity index (χ4n) is 6.79. The van der Waals surface area contributed by atoms with Crippen molar-refractivity contribution in [3.8, 4) is 0 Å². The van der Waals surface area contributed by atoms with E-state index in [1.165, 1.54) is 21.9 Å². The number of allylic oxidation sites excluding steroid dienone is 5. The minimum atomic E-state index is 0.719. The maximum atomic E-state index is 6.49. The smallest absolute Gasteiger partial charge is 0.136 e. The third-order valence-electron chi connectivity index (χ3n) is 8.79. The van der Waals surface area contributed by atoms with E-state index >= 15 is 0 Å². The summed E-state index contributed by atoms with van der Waals surface area (Å²) in [6.45, 7) is 13.4. The summed E-state index contributed by atoms with van der Waals surface area (Å²) < 4.78 is 12.7. The van der Waals surface area contributed by atoms with Gasteiger partial charge in [-0.3, -0.25) is 0 Å². The number of fused-ring (bicyclic) bond motifs is 8. The minimum Gasteiger partial charge on any atom is -0.456 e. The highest BCUT2D eigenvalue weighted by atomic mass is 16.3. The molecule has 2 aromatic heterocycles. The third kappa shape index (κ3) is 3.88. The Bertz CT molecular complexity index is 2600. The Kier molecular flexibility index (Phi) is 5.92. The molecular formula is C42H30O2. The van der Waals surface area contributed by atoms with Crippen LogP contribution >= 0.6 is 0 Å². The first-order chi connectivity index (χ1) is 21.5. The number of para-hydroxylation sites is 1. The lowest BCUT2D eigenvalue weighted by Gasteiger charge is -2.17. The van der Waals surface area contributed by atoms with E-state index in [9.17, 15) is 0 Å². The van der Waals surface area contributed by atoms with Gasteiger partial charge >= 0.3 is 0 Å². The standard InChI is InChI=1S/C42H30O2/c1-5-6-13-25(2)40-30-15-7-9-17-32(30)41(33-18-10-8-16-31(33)40)26(3)22-38-27(4)42-34-24-35-29-14-11-12-19-36(29)43-39(35)23-28(34)20-21-37(42)44-38/h5-24H,3-4H2,1-2H3/b6-5-,25-13+,38-22+. The van der Waals surface area contributed by atoms with E-state index < -0.39 is 0 Å². The molecule has 8 aromatic rings. The number of furan rings is 2. The highest BCUT2D eigenvalue weighted by Crippen LogP contribution is 2.40. The second-order valence-corrected chi connectivity index (χ2v) is 11.4. The monoisotopic (exact) mass is 566 g/mol. The fourth-order valence-corrected chi connectivity index (χ4v) is 6.79. The SMILES string of the molecule is C=C(/C=c1/oc2ccc3cc4oc5ccccc5c4cc3c2c1=C)c1c2ccccc2c(/C(C)=C/C=C\C)c2ccccc12. The second kappa shape index (κ2) is 10.00. The Morgan fingerprint density at radius 1 is 0.636 bits per heavy atom. The molecular weight excluding hydrogens is 536 g/mol. The Balaban J connectivity index is 1.37. The van der Waals surface area contributed by atoms with Gasteiger partial charge in [0.2, 0.25) is 0 Å². The first-order valence-electron chi connectivity index (χ1n) is 14.9. The van der Waals surface area contributed by atoms with Crippen LogP contribution in [0.15, 0.2) is 131 Å². The van der Waals surface area contributed by atoms with Gasteiger partial charge in [-0.2, -0.15) is 0 Å². The van der Waals surface area contributed by atoms with Crippen LogP contribution in [0.25, 0.3) is 89.0 Å². The molecule has 0 radical (unpaired) electrons. The Labute approximate surface area is 254 Å². The van der Waals surface area contributed by atoms with Gasteiger partial charge in [-0.25, -0.2) is 0 Å². The van der Waals surface area contributed by atoms with Crippen LogP contribution in [0.5, 0.6) is 0 Å². The van der Waals surface area contributed by atoms with Crippen LogP contribution in [0.1, 0.15) is 25.0 Å². The van der Waals surface area contributed by atoms with Crippen molar-refractivity contribution in [2.75, 3.05) is 0 Å². The van der Waals surface area contributed by atoms with Crippen molar-refractivity contribution in [1.82, 2.24) is 0 Å². The average molecular weight is 567 g/mol. The van der Waals surface area contributed by atoms with Gasteiger partial charge in [0.25, 0.3) is 0 Å². The lowest BCUT2D eigenvalue weighted by molar-refractivity contribution is 0.576. The molecule has 0 aliphatic rings. The molecule has 2 heterocycles. The molecule has 0 aliphatic carbocycles. The van der Waals surface area contributed by atoms with Crippen LogP contribution in [0.4, 0.5) is 0 Å². The molecule has 0 amide bonds. The van der Waals surface area contributed by atoms with Gasteiger partial charge in [0, 0.05) is 21.4 Å². The summed E-state index contributed by atoms with van der Waals surface area (Å²) in [5, 5.41) is 11.0. The van der Waals surface area contributed by atoms with E-state index in [1.807, 2.05) is 31.2 Å². The topological polar surface area (TPSA) is 26.3 Å². The van der Waals surface area contributed by atoms with Crippen LogP contribution in [0.3, 0.4) is 0 Å². The maximum Gasteiger partial charge on any atom is 0.136 e. The quantitative estimate of drug-likeness (QED) is 0.156. The zero-order chi connectivity index (χ0) is 29.9. The van der Waals surface area contributed by atoms with Crippen molar-refractivity contribution in [2.45, 2.75) is 13.8 Å². The summed E-state index contributed by atoms with van der Waals surface area (Å²) in [7, 11) is 0. The highest BCUT2D eigenvalue weighted by molar-refractivity contribution is 6.19. The van der Waals surface area contributed by atoms with Gasteiger partial charge < -0.3 is 8.83 Å². The number of benzene rings is 6. The Hall–Kier alpha value is -5.60. The van der Waals surface area contributed by atoms with E-state index in [0.29, 0.717) is 0 Å². The molecule has 8 rings (SSSR count). The van der Waals surface area contributed by atoms with Gasteiger partial charge in [-0.1, -0.05) is 104 Å². The van der Waals surface area contributed by atoms with E-state index in [2.05, 4.69) is 117 Å². The van der Waals surface area contributed by atoms with E-state index in [0.717, 1.165) is 76.2 Å². The van der Waals surface area contributed by atoms with E-state index in [4.69, 9.17) is 8.83 Å². The largest absolute Gasteiger partial charge is 0.456 e. The van der Waals surface area contributed by atoms with Gasteiger partial charge in [0.1, 0.15) is 22.2 Å². The molecule has 0 saturated heterocycles. The molecule has 0 N–H and O–H groups in total. The molecule has 0 unspecified atom stereocenters. The first kappa shape index (κ1) is 26.1. The zero-order valence-corrected chi connectivity index (χ0v) is 24.8. The van der Waals surface area contributed by atoms with Crippen LogP contribution < -0.4 is 10.6 Å². The zero-order valence-electron chi connectivity index (χ0n) is 24.8. The maximum absolute atomic E-state index is 6.49. The van der Waals surface area contributed by atoms with Gasteiger partial charge in [0.05, 0.1) is 0 Å². The Morgan fingerprint density at radius 2 is 1.27 bits per heavy atom. The summed E-state index contributed by atoms with van der Waals surface area (Å²) in [5.41, 5.74) is 7.76. The Morgan fingerprint density at radius 3 is 1.95 bits per heavy atom. The third-order valence-corrected chi connectivity index (χ3v) is 8.79. The summed E-state index contributed by atoms with van der Waals surface area (Å²) in [6, 6.07) is 33.8. The molecule has 2 nitrogen and oxygen atoms in total. The van der Waals surface area contributed by atoms with Gasteiger partial charge in [-0.05, 0) is 98.8 Å². The first-order valence-corrected chi connectivity index (χ1v) is 14.9. The van der Waals surface area contributed by atoms with Crippen molar-refractivity contribution in [3.63, 3.8) is 0 Å². The van der Waals surface area contributed by atoms with Crippen molar-refractivity contribution in [3.05, 3.63) is 144 Å². The second-order valence-electron chi connectivity index (χ2n) is 11.4. The predicted octanol–water partition coefficient (Wildman–Crippen LogP) is 10.7. The van der Waals surface area contributed by atoms with Crippen LogP contribution in [0.2, 0.25) is 0 Å². The lowest BCUT2D eigenvalue weighted by Crippen LogP contribution is -2.18. The molecule has 0 fully saturated rings. The van der Waals surface area contributed by atoms with E-state index in [1.54, 1.807) is 0 Å². The lowest BCUT2D eigenvalue weighted by atomic mass is 9.86. The molecule has 0 aliphatic heterocycles. The summed E-state index contributed by atoms with van der Waals surface area (Å²) in [6.07, 6.45) is 8.39. The minimum absolute atomic E-state index is 0.719. The number of hydrogen-bond donors (Lipinski definition) is 0.